The number of benzene rings is 1. The number of rotatable bonds is 10. The number of amides is 2. The molecule has 1 aromatic rings. The first-order chi connectivity index (χ1) is 13.1. The summed E-state index contributed by atoms with van der Waals surface area (Å²) < 4.78 is 5.40. The third-order valence-corrected chi connectivity index (χ3v) is 4.81. The summed E-state index contributed by atoms with van der Waals surface area (Å²) in [5.74, 6) is -0.0497. The van der Waals surface area contributed by atoms with Crippen molar-refractivity contribution in [1.82, 2.24) is 9.80 Å². The number of anilines is 1. The fraction of sp³-hybridized carbons (Fsp3) is 0.619. The number of morpholine rings is 1. The number of hydrogen-bond acceptors (Lipinski definition) is 4. The summed E-state index contributed by atoms with van der Waals surface area (Å²) in [6.07, 6.45) is 4.58. The van der Waals surface area contributed by atoms with Crippen molar-refractivity contribution in [3.05, 3.63) is 29.8 Å². The predicted molar refractivity (Wildman–Crippen MR) is 108 cm³/mol. The third-order valence-electron chi connectivity index (χ3n) is 4.81. The second-order valence-electron chi connectivity index (χ2n) is 7.07. The molecule has 6 nitrogen and oxygen atoms in total. The number of hydrogen-bond donors (Lipinski definition) is 1. The molecule has 27 heavy (non-hydrogen) atoms. The van der Waals surface area contributed by atoms with Crippen molar-refractivity contribution < 1.29 is 14.3 Å². The topological polar surface area (TPSA) is 61.9 Å². The van der Waals surface area contributed by atoms with Crippen LogP contribution < -0.4 is 5.32 Å². The zero-order chi connectivity index (χ0) is 19.5. The Morgan fingerprint density at radius 2 is 1.78 bits per heavy atom. The molecule has 1 aliphatic heterocycles. The molecule has 0 spiro atoms. The standard InChI is InChI=1S/C21H33N3O3/c1-3-4-5-6-11-24(13-12-23-14-16-27-17-15-23)21(26)19-7-9-20(10-8-19)22-18(2)25/h7-10H,3-6,11-17H2,1-2H3,(H,22,25). The highest BCUT2D eigenvalue weighted by atomic mass is 16.5. The van der Waals surface area contributed by atoms with Crippen LogP contribution in [0, 0.1) is 0 Å². The number of nitrogens with zero attached hydrogens (tertiary/aromatic N) is 2. The van der Waals surface area contributed by atoms with Crippen molar-refractivity contribution in [2.45, 2.75) is 39.5 Å². The minimum atomic E-state index is -0.114. The van der Waals surface area contributed by atoms with Gasteiger partial charge in [-0.25, -0.2) is 0 Å². The van der Waals surface area contributed by atoms with E-state index in [1.165, 1.54) is 19.8 Å². The summed E-state index contributed by atoms with van der Waals surface area (Å²) in [7, 11) is 0. The van der Waals surface area contributed by atoms with Crippen LogP contribution in [0.1, 0.15) is 49.9 Å². The van der Waals surface area contributed by atoms with Gasteiger partial charge in [0.15, 0.2) is 0 Å². The van der Waals surface area contributed by atoms with Gasteiger partial charge >= 0.3 is 0 Å². The molecular weight excluding hydrogens is 342 g/mol. The Balaban J connectivity index is 1.96. The van der Waals surface area contributed by atoms with Crippen LogP contribution in [0.4, 0.5) is 5.69 Å². The molecule has 0 aromatic heterocycles. The van der Waals surface area contributed by atoms with E-state index in [2.05, 4.69) is 17.1 Å². The van der Waals surface area contributed by atoms with Crippen molar-refractivity contribution in [1.29, 1.82) is 0 Å². The molecule has 1 N–H and O–H groups in total. The van der Waals surface area contributed by atoms with Gasteiger partial charge in [-0.05, 0) is 30.7 Å². The normalized spacial score (nSPS) is 14.7. The number of unbranched alkanes of at least 4 members (excludes halogenated alkanes) is 3. The average molecular weight is 376 g/mol. The van der Waals surface area contributed by atoms with Crippen molar-refractivity contribution in [2.75, 3.05) is 51.3 Å². The Kier molecular flexibility index (Phi) is 9.28. The van der Waals surface area contributed by atoms with E-state index in [4.69, 9.17) is 4.74 Å². The van der Waals surface area contributed by atoms with Gasteiger partial charge in [0, 0.05) is 50.9 Å². The third kappa shape index (κ3) is 7.69. The molecule has 0 atom stereocenters. The van der Waals surface area contributed by atoms with Gasteiger partial charge in [0.25, 0.3) is 5.91 Å². The molecule has 1 saturated heterocycles. The van der Waals surface area contributed by atoms with Gasteiger partial charge < -0.3 is 15.0 Å². The maximum Gasteiger partial charge on any atom is 0.253 e. The highest BCUT2D eigenvalue weighted by molar-refractivity contribution is 5.95. The van der Waals surface area contributed by atoms with Crippen LogP contribution in [0.15, 0.2) is 24.3 Å². The number of ether oxygens (including phenoxy) is 1. The second-order valence-corrected chi connectivity index (χ2v) is 7.07. The summed E-state index contributed by atoms with van der Waals surface area (Å²) in [5.41, 5.74) is 1.38. The molecule has 0 bridgehead atoms. The quantitative estimate of drug-likeness (QED) is 0.639. The van der Waals surface area contributed by atoms with Crippen LogP contribution >= 0.6 is 0 Å². The summed E-state index contributed by atoms with van der Waals surface area (Å²) >= 11 is 0. The van der Waals surface area contributed by atoms with Crippen LogP contribution in [0.5, 0.6) is 0 Å². The Labute approximate surface area is 162 Å². The van der Waals surface area contributed by atoms with E-state index in [1.807, 2.05) is 4.90 Å². The molecule has 1 fully saturated rings. The molecular formula is C21H33N3O3. The lowest BCUT2D eigenvalue weighted by atomic mass is 10.1. The molecule has 6 heteroatoms. The van der Waals surface area contributed by atoms with Crippen LogP contribution in [0.25, 0.3) is 0 Å². The van der Waals surface area contributed by atoms with Gasteiger partial charge in [0.1, 0.15) is 0 Å². The van der Waals surface area contributed by atoms with Crippen molar-refractivity contribution >= 4 is 17.5 Å². The average Bonchev–Trinajstić information content (AvgIpc) is 2.68. The first-order valence-electron chi connectivity index (χ1n) is 10.1. The highest BCUT2D eigenvalue weighted by Crippen LogP contribution is 2.13. The minimum Gasteiger partial charge on any atom is -0.379 e. The lowest BCUT2D eigenvalue weighted by molar-refractivity contribution is -0.114. The molecule has 150 valence electrons. The fourth-order valence-electron chi connectivity index (χ4n) is 3.21. The van der Waals surface area contributed by atoms with E-state index in [1.54, 1.807) is 24.3 Å². The molecule has 1 aromatic carbocycles. The van der Waals surface area contributed by atoms with Gasteiger partial charge in [0.05, 0.1) is 13.2 Å². The number of carbonyl (C=O) groups is 2. The van der Waals surface area contributed by atoms with Gasteiger partial charge in [0.2, 0.25) is 5.91 Å². The Bertz CT molecular complexity index is 583. The van der Waals surface area contributed by atoms with Crippen LogP contribution in [-0.4, -0.2) is 67.6 Å². The smallest absolute Gasteiger partial charge is 0.253 e. The summed E-state index contributed by atoms with van der Waals surface area (Å²) in [5, 5.41) is 2.73. The summed E-state index contributed by atoms with van der Waals surface area (Å²) in [6.45, 7) is 9.49. The van der Waals surface area contributed by atoms with E-state index < -0.39 is 0 Å². The highest BCUT2D eigenvalue weighted by Gasteiger charge is 2.18. The number of nitrogens with one attached hydrogen (secondary N) is 1. The maximum absolute atomic E-state index is 13.0. The molecule has 0 unspecified atom stereocenters. The first-order valence-corrected chi connectivity index (χ1v) is 10.1. The zero-order valence-electron chi connectivity index (χ0n) is 16.7. The van der Waals surface area contributed by atoms with Crippen molar-refractivity contribution in [3.8, 4) is 0 Å². The second kappa shape index (κ2) is 11.7. The Morgan fingerprint density at radius 3 is 2.41 bits per heavy atom. The van der Waals surface area contributed by atoms with Crippen LogP contribution in [0.3, 0.4) is 0 Å². The molecule has 0 saturated carbocycles. The molecule has 2 rings (SSSR count). The van der Waals surface area contributed by atoms with Crippen LogP contribution in [-0.2, 0) is 9.53 Å². The largest absolute Gasteiger partial charge is 0.379 e. The molecule has 0 aliphatic carbocycles. The summed E-state index contributed by atoms with van der Waals surface area (Å²) in [4.78, 5) is 28.5. The van der Waals surface area contributed by atoms with Crippen molar-refractivity contribution in [3.63, 3.8) is 0 Å². The van der Waals surface area contributed by atoms with E-state index >= 15 is 0 Å². The van der Waals surface area contributed by atoms with Gasteiger partial charge in [-0.1, -0.05) is 26.2 Å². The van der Waals surface area contributed by atoms with E-state index in [0.29, 0.717) is 11.3 Å². The fourth-order valence-corrected chi connectivity index (χ4v) is 3.21. The monoisotopic (exact) mass is 375 g/mol. The van der Waals surface area contributed by atoms with E-state index in [9.17, 15) is 9.59 Å². The lowest BCUT2D eigenvalue weighted by Gasteiger charge is -2.30. The maximum atomic E-state index is 13.0. The van der Waals surface area contributed by atoms with E-state index in [0.717, 1.165) is 58.8 Å². The SMILES string of the molecule is CCCCCCN(CCN1CCOCC1)C(=O)c1ccc(NC(C)=O)cc1. The lowest BCUT2D eigenvalue weighted by Crippen LogP contribution is -2.43. The Morgan fingerprint density at radius 1 is 1.07 bits per heavy atom. The van der Waals surface area contributed by atoms with Crippen molar-refractivity contribution in [2.24, 2.45) is 0 Å². The van der Waals surface area contributed by atoms with Crippen LogP contribution in [0.2, 0.25) is 0 Å². The minimum absolute atomic E-state index is 0.0640. The summed E-state index contributed by atoms with van der Waals surface area (Å²) in [6, 6.07) is 7.15. The Hall–Kier alpha value is -1.92. The first kappa shape index (κ1) is 21.4. The molecule has 0 radical (unpaired) electrons. The van der Waals surface area contributed by atoms with Gasteiger partial charge in [-0.2, -0.15) is 0 Å². The van der Waals surface area contributed by atoms with Gasteiger partial charge in [-0.15, -0.1) is 0 Å². The predicted octanol–water partition coefficient (Wildman–Crippen LogP) is 3.00. The number of carbonyl (C=O) groups excluding carboxylic acids is 2. The molecule has 1 heterocycles. The van der Waals surface area contributed by atoms with E-state index in [-0.39, 0.29) is 11.8 Å². The zero-order valence-corrected chi connectivity index (χ0v) is 16.7. The van der Waals surface area contributed by atoms with Gasteiger partial charge in [-0.3, -0.25) is 14.5 Å². The molecule has 1 aliphatic rings. The molecule has 2 amide bonds.